The first-order chi connectivity index (χ1) is 15.4. The number of nitrogens with one attached hydrogen (secondary N) is 1. The summed E-state index contributed by atoms with van der Waals surface area (Å²) in [5.41, 5.74) is 2.68. The van der Waals surface area contributed by atoms with Crippen LogP contribution in [0.4, 0.5) is 5.69 Å². The molecule has 1 amide bonds. The number of rotatable bonds is 7. The first-order valence-corrected chi connectivity index (χ1v) is 11.9. The Morgan fingerprint density at radius 2 is 1.75 bits per heavy atom. The van der Waals surface area contributed by atoms with Crippen LogP contribution in [0.2, 0.25) is 0 Å². The van der Waals surface area contributed by atoms with Crippen molar-refractivity contribution >= 4 is 21.6 Å². The molecule has 1 aromatic heterocycles. The second kappa shape index (κ2) is 9.60. The minimum Gasteiger partial charge on any atom is -0.325 e. The lowest BCUT2D eigenvalue weighted by Crippen LogP contribution is -2.50. The minimum atomic E-state index is -3.52. The van der Waals surface area contributed by atoms with Gasteiger partial charge >= 0.3 is 0 Å². The van der Waals surface area contributed by atoms with Crippen molar-refractivity contribution in [2.75, 3.05) is 38.0 Å². The van der Waals surface area contributed by atoms with Gasteiger partial charge in [-0.3, -0.25) is 9.69 Å². The molecule has 2 aromatic carbocycles. The molecule has 4 rings (SSSR count). The highest BCUT2D eigenvalue weighted by atomic mass is 32.2. The Bertz CT molecular complexity index is 1150. The van der Waals surface area contributed by atoms with Crippen LogP contribution >= 0.6 is 0 Å². The largest absolute Gasteiger partial charge is 0.325 e. The first-order valence-electron chi connectivity index (χ1n) is 10.4. The van der Waals surface area contributed by atoms with E-state index in [1.165, 1.54) is 10.6 Å². The van der Waals surface area contributed by atoms with Crippen LogP contribution < -0.4 is 5.32 Å². The summed E-state index contributed by atoms with van der Waals surface area (Å²) in [6, 6.07) is 14.5. The molecule has 1 fully saturated rings. The lowest BCUT2D eigenvalue weighted by Gasteiger charge is -2.33. The summed E-state index contributed by atoms with van der Waals surface area (Å²) in [6.07, 6.45) is 3.10. The zero-order valence-corrected chi connectivity index (χ0v) is 18.7. The van der Waals surface area contributed by atoms with Crippen molar-refractivity contribution in [3.63, 3.8) is 0 Å². The number of aromatic nitrogens is 3. The summed E-state index contributed by atoms with van der Waals surface area (Å²) in [5, 5.41) is 7.08. The van der Waals surface area contributed by atoms with E-state index in [9.17, 15) is 13.2 Å². The molecule has 0 bridgehead atoms. The highest BCUT2D eigenvalue weighted by Crippen LogP contribution is 2.19. The molecule has 0 unspecified atom stereocenters. The SMILES string of the molecule is Cc1ccc(S(=O)(=O)N2CCN(CC(=O)Nc3ccccc3Cn3cncn3)CC2)cc1. The maximum Gasteiger partial charge on any atom is 0.243 e. The van der Waals surface area contributed by atoms with E-state index in [1.807, 2.05) is 36.1 Å². The molecule has 10 heteroatoms. The molecule has 168 valence electrons. The van der Waals surface area contributed by atoms with Gasteiger partial charge in [0.05, 0.1) is 18.0 Å². The highest BCUT2D eigenvalue weighted by molar-refractivity contribution is 7.89. The molecular weight excluding hydrogens is 428 g/mol. The number of benzene rings is 2. The highest BCUT2D eigenvalue weighted by Gasteiger charge is 2.29. The predicted molar refractivity (Wildman–Crippen MR) is 121 cm³/mol. The lowest BCUT2D eigenvalue weighted by molar-refractivity contribution is -0.117. The number of anilines is 1. The van der Waals surface area contributed by atoms with Crippen molar-refractivity contribution in [2.45, 2.75) is 18.4 Å². The van der Waals surface area contributed by atoms with E-state index >= 15 is 0 Å². The molecule has 1 aliphatic heterocycles. The number of amides is 1. The molecule has 1 N–H and O–H groups in total. The lowest BCUT2D eigenvalue weighted by atomic mass is 10.1. The van der Waals surface area contributed by atoms with Gasteiger partial charge in [-0.05, 0) is 30.7 Å². The van der Waals surface area contributed by atoms with Gasteiger partial charge in [0.25, 0.3) is 0 Å². The molecule has 1 aliphatic rings. The van der Waals surface area contributed by atoms with E-state index < -0.39 is 10.0 Å². The Hall–Kier alpha value is -3.08. The molecule has 2 heterocycles. The molecule has 0 atom stereocenters. The summed E-state index contributed by atoms with van der Waals surface area (Å²) >= 11 is 0. The van der Waals surface area contributed by atoms with E-state index in [0.29, 0.717) is 37.6 Å². The van der Waals surface area contributed by atoms with Crippen molar-refractivity contribution in [3.8, 4) is 0 Å². The Morgan fingerprint density at radius 1 is 1.03 bits per heavy atom. The van der Waals surface area contributed by atoms with E-state index in [-0.39, 0.29) is 12.5 Å². The molecule has 0 saturated carbocycles. The number of hydrogen-bond acceptors (Lipinski definition) is 6. The Kier molecular flexibility index (Phi) is 6.63. The maximum absolute atomic E-state index is 12.9. The molecule has 32 heavy (non-hydrogen) atoms. The third-order valence-corrected chi connectivity index (χ3v) is 7.36. The summed E-state index contributed by atoms with van der Waals surface area (Å²) in [4.78, 5) is 18.9. The van der Waals surface area contributed by atoms with Crippen LogP contribution in [-0.4, -0.2) is 71.0 Å². The Balaban J connectivity index is 1.32. The average molecular weight is 455 g/mol. The van der Waals surface area contributed by atoms with Crippen LogP contribution in [-0.2, 0) is 21.4 Å². The van der Waals surface area contributed by atoms with Crippen LogP contribution in [0.5, 0.6) is 0 Å². The second-order valence-electron chi connectivity index (χ2n) is 7.79. The van der Waals surface area contributed by atoms with Gasteiger partial charge in [-0.15, -0.1) is 0 Å². The van der Waals surface area contributed by atoms with E-state index in [1.54, 1.807) is 35.3 Å². The Labute approximate surface area is 187 Å². The van der Waals surface area contributed by atoms with Gasteiger partial charge in [-0.1, -0.05) is 35.9 Å². The van der Waals surface area contributed by atoms with E-state index in [2.05, 4.69) is 15.4 Å². The number of nitrogens with zero attached hydrogens (tertiary/aromatic N) is 5. The monoisotopic (exact) mass is 454 g/mol. The van der Waals surface area contributed by atoms with Crippen molar-refractivity contribution < 1.29 is 13.2 Å². The number of carbonyl (C=O) groups is 1. The van der Waals surface area contributed by atoms with Gasteiger partial charge in [0.2, 0.25) is 15.9 Å². The fraction of sp³-hybridized carbons (Fsp3) is 0.318. The summed E-state index contributed by atoms with van der Waals surface area (Å²) < 4.78 is 28.9. The van der Waals surface area contributed by atoms with Crippen LogP contribution in [0.25, 0.3) is 0 Å². The van der Waals surface area contributed by atoms with Crippen LogP contribution in [0, 0.1) is 6.92 Å². The molecule has 9 nitrogen and oxygen atoms in total. The molecular formula is C22H26N6O3S. The summed E-state index contributed by atoms with van der Waals surface area (Å²) in [6.45, 7) is 4.34. The first kappa shape index (κ1) is 22.1. The molecule has 0 spiro atoms. The summed E-state index contributed by atoms with van der Waals surface area (Å²) in [7, 11) is -3.52. The average Bonchev–Trinajstić information content (AvgIpc) is 3.29. The third-order valence-electron chi connectivity index (χ3n) is 5.45. The number of hydrogen-bond donors (Lipinski definition) is 1. The van der Waals surface area contributed by atoms with E-state index in [4.69, 9.17) is 0 Å². The minimum absolute atomic E-state index is 0.133. The molecule has 0 radical (unpaired) electrons. The Morgan fingerprint density at radius 3 is 2.44 bits per heavy atom. The van der Waals surface area contributed by atoms with Gasteiger partial charge in [-0.2, -0.15) is 9.40 Å². The number of para-hydroxylation sites is 1. The van der Waals surface area contributed by atoms with Gasteiger partial charge in [-0.25, -0.2) is 18.1 Å². The van der Waals surface area contributed by atoms with Gasteiger partial charge in [0, 0.05) is 31.9 Å². The summed E-state index contributed by atoms with van der Waals surface area (Å²) in [5.74, 6) is -0.133. The van der Waals surface area contributed by atoms with Crippen LogP contribution in [0.3, 0.4) is 0 Å². The predicted octanol–water partition coefficient (Wildman–Crippen LogP) is 1.58. The fourth-order valence-corrected chi connectivity index (χ4v) is 5.07. The third kappa shape index (κ3) is 5.21. The van der Waals surface area contributed by atoms with E-state index in [0.717, 1.165) is 16.8 Å². The number of piperazine rings is 1. The topological polar surface area (TPSA) is 100 Å². The standard InChI is InChI=1S/C22H26N6O3S/c1-18-6-8-20(9-7-18)32(30,31)28-12-10-26(11-13-28)15-22(29)25-21-5-3-2-4-19(21)14-27-17-23-16-24-27/h2-9,16-17H,10-15H2,1H3,(H,25,29). The van der Waals surface area contributed by atoms with Crippen molar-refractivity contribution in [2.24, 2.45) is 0 Å². The normalized spacial score (nSPS) is 15.5. The van der Waals surface area contributed by atoms with Crippen molar-refractivity contribution in [1.82, 2.24) is 24.0 Å². The number of carbonyl (C=O) groups excluding carboxylic acids is 1. The van der Waals surface area contributed by atoms with Gasteiger partial charge < -0.3 is 5.32 Å². The van der Waals surface area contributed by atoms with Crippen LogP contribution in [0.15, 0.2) is 66.1 Å². The second-order valence-corrected chi connectivity index (χ2v) is 9.73. The zero-order chi connectivity index (χ0) is 22.6. The van der Waals surface area contributed by atoms with Crippen molar-refractivity contribution in [1.29, 1.82) is 0 Å². The van der Waals surface area contributed by atoms with Crippen molar-refractivity contribution in [3.05, 3.63) is 72.3 Å². The quantitative estimate of drug-likeness (QED) is 0.582. The smallest absolute Gasteiger partial charge is 0.243 e. The van der Waals surface area contributed by atoms with Gasteiger partial charge in [0.15, 0.2) is 0 Å². The number of sulfonamides is 1. The maximum atomic E-state index is 12.9. The molecule has 0 aliphatic carbocycles. The molecule has 1 saturated heterocycles. The van der Waals surface area contributed by atoms with Gasteiger partial charge in [0.1, 0.15) is 12.7 Å². The fourth-order valence-electron chi connectivity index (χ4n) is 3.65. The zero-order valence-electron chi connectivity index (χ0n) is 17.9. The molecule has 3 aromatic rings. The van der Waals surface area contributed by atoms with Crippen LogP contribution in [0.1, 0.15) is 11.1 Å². The number of aryl methyl sites for hydroxylation is 1.